The molecule has 2 unspecified atom stereocenters. The second kappa shape index (κ2) is 7.11. The fourth-order valence-corrected chi connectivity index (χ4v) is 1.69. The molecule has 0 amide bonds. The molecule has 0 aliphatic carbocycles. The molecule has 0 aliphatic rings. The van der Waals surface area contributed by atoms with Crippen LogP contribution in [-0.4, -0.2) is 35.5 Å². The van der Waals surface area contributed by atoms with Crippen molar-refractivity contribution in [2.45, 2.75) is 12.2 Å². The molecule has 0 heterocycles. The van der Waals surface area contributed by atoms with E-state index in [-0.39, 0.29) is 6.61 Å². The monoisotopic (exact) mass is 291 g/mol. The lowest BCUT2D eigenvalue weighted by Crippen LogP contribution is -2.44. The third-order valence-corrected chi connectivity index (χ3v) is 2.82. The highest BCUT2D eigenvalue weighted by Gasteiger charge is 2.42. The molecule has 1 rings (SSSR count). The molecule has 112 valence electrons. The minimum atomic E-state index is -4.64. The highest BCUT2D eigenvalue weighted by molar-refractivity contribution is 5.83. The number of amidine groups is 1. The third-order valence-electron chi connectivity index (χ3n) is 2.82. The van der Waals surface area contributed by atoms with Crippen LogP contribution in [-0.2, 0) is 0 Å². The molecular formula is C12H16F3N3O2. The maximum absolute atomic E-state index is 12.7. The van der Waals surface area contributed by atoms with Crippen LogP contribution in [0, 0.1) is 5.92 Å². The van der Waals surface area contributed by atoms with Crippen LogP contribution in [0.4, 0.5) is 13.2 Å². The van der Waals surface area contributed by atoms with Crippen molar-refractivity contribution in [1.82, 2.24) is 5.32 Å². The van der Waals surface area contributed by atoms with Gasteiger partial charge in [-0.05, 0) is 5.56 Å². The Hall–Kier alpha value is -1.80. The molecule has 0 radical (unpaired) electrons. The van der Waals surface area contributed by atoms with Crippen molar-refractivity contribution in [3.05, 3.63) is 35.9 Å². The van der Waals surface area contributed by atoms with Gasteiger partial charge in [0, 0.05) is 6.54 Å². The quantitative estimate of drug-likeness (QED) is 0.275. The molecule has 20 heavy (non-hydrogen) atoms. The van der Waals surface area contributed by atoms with Gasteiger partial charge in [-0.15, -0.1) is 0 Å². The summed E-state index contributed by atoms with van der Waals surface area (Å²) in [6.45, 7) is -0.968. The highest BCUT2D eigenvalue weighted by atomic mass is 19.4. The van der Waals surface area contributed by atoms with Gasteiger partial charge in [0.1, 0.15) is 5.92 Å². The molecule has 5 N–H and O–H groups in total. The first-order chi connectivity index (χ1) is 9.40. The lowest BCUT2D eigenvalue weighted by atomic mass is 10.0. The fourth-order valence-electron chi connectivity index (χ4n) is 1.69. The Kier molecular flexibility index (Phi) is 5.78. The van der Waals surface area contributed by atoms with Gasteiger partial charge in [-0.3, -0.25) is 0 Å². The first-order valence-corrected chi connectivity index (χ1v) is 5.83. The van der Waals surface area contributed by atoms with Crippen molar-refractivity contribution in [3.8, 4) is 0 Å². The summed E-state index contributed by atoms with van der Waals surface area (Å²) in [4.78, 5) is 0. The number of hydrogen-bond donors (Lipinski definition) is 4. The van der Waals surface area contributed by atoms with E-state index in [4.69, 9.17) is 10.9 Å². The minimum Gasteiger partial charge on any atom is -0.409 e. The number of oxime groups is 1. The van der Waals surface area contributed by atoms with Gasteiger partial charge in [-0.2, -0.15) is 13.2 Å². The largest absolute Gasteiger partial charge is 0.409 e. The van der Waals surface area contributed by atoms with Crippen LogP contribution in [0.15, 0.2) is 35.5 Å². The molecule has 0 saturated carbocycles. The van der Waals surface area contributed by atoms with Crippen LogP contribution in [0.25, 0.3) is 0 Å². The molecule has 2 atom stereocenters. The minimum absolute atomic E-state index is 0.370. The molecule has 1 aromatic carbocycles. The van der Waals surface area contributed by atoms with Crippen LogP contribution < -0.4 is 11.1 Å². The molecule has 0 spiro atoms. The SMILES string of the molecule is N/C(=N/O)C(CNC(CO)c1ccccc1)C(F)(F)F. The number of nitrogens with two attached hydrogens (primary N) is 1. The number of aliphatic hydroxyl groups is 1. The zero-order valence-corrected chi connectivity index (χ0v) is 10.5. The Balaban J connectivity index is 2.76. The number of halogens is 3. The molecule has 5 nitrogen and oxygen atoms in total. The molecule has 0 aliphatic heterocycles. The summed E-state index contributed by atoms with van der Waals surface area (Å²) >= 11 is 0. The second-order valence-electron chi connectivity index (χ2n) is 4.17. The predicted octanol–water partition coefficient (Wildman–Crippen LogP) is 1.23. The number of aliphatic hydroxyl groups excluding tert-OH is 1. The number of nitrogens with one attached hydrogen (secondary N) is 1. The van der Waals surface area contributed by atoms with Gasteiger partial charge in [0.15, 0.2) is 5.84 Å². The Bertz CT molecular complexity index is 437. The molecule has 0 fully saturated rings. The first-order valence-electron chi connectivity index (χ1n) is 5.83. The highest BCUT2D eigenvalue weighted by Crippen LogP contribution is 2.26. The van der Waals surface area contributed by atoms with Gasteiger partial charge in [-0.25, -0.2) is 0 Å². The van der Waals surface area contributed by atoms with E-state index < -0.39 is 30.5 Å². The zero-order chi connectivity index (χ0) is 15.2. The Morgan fingerprint density at radius 3 is 2.35 bits per heavy atom. The van der Waals surface area contributed by atoms with Crippen LogP contribution >= 0.6 is 0 Å². The second-order valence-corrected chi connectivity index (χ2v) is 4.17. The predicted molar refractivity (Wildman–Crippen MR) is 67.2 cm³/mol. The molecule has 8 heteroatoms. The maximum atomic E-state index is 12.7. The van der Waals surface area contributed by atoms with E-state index in [1.807, 2.05) is 0 Å². The summed E-state index contributed by atoms with van der Waals surface area (Å²) in [5.74, 6) is -3.04. The zero-order valence-electron chi connectivity index (χ0n) is 10.5. The van der Waals surface area contributed by atoms with Gasteiger partial charge in [0.25, 0.3) is 0 Å². The number of nitrogens with zero attached hydrogens (tertiary/aromatic N) is 1. The number of benzene rings is 1. The smallest absolute Gasteiger partial charge is 0.400 e. The van der Waals surface area contributed by atoms with E-state index in [0.717, 1.165) is 0 Å². The lowest BCUT2D eigenvalue weighted by molar-refractivity contribution is -0.155. The van der Waals surface area contributed by atoms with Crippen molar-refractivity contribution in [1.29, 1.82) is 0 Å². The maximum Gasteiger partial charge on any atom is 0.400 e. The van der Waals surface area contributed by atoms with Gasteiger partial charge in [0.2, 0.25) is 0 Å². The summed E-state index contributed by atoms with van der Waals surface area (Å²) < 4.78 is 38.2. The topological polar surface area (TPSA) is 90.9 Å². The molecular weight excluding hydrogens is 275 g/mol. The third kappa shape index (κ3) is 4.39. The molecule has 0 saturated heterocycles. The van der Waals surface area contributed by atoms with Crippen molar-refractivity contribution >= 4 is 5.84 Å². The van der Waals surface area contributed by atoms with Gasteiger partial charge < -0.3 is 21.4 Å². The molecule has 1 aromatic rings. The first kappa shape index (κ1) is 16.3. The average Bonchev–Trinajstić information content (AvgIpc) is 2.42. The van der Waals surface area contributed by atoms with Gasteiger partial charge in [-0.1, -0.05) is 35.5 Å². The van der Waals surface area contributed by atoms with Crippen LogP contribution in [0.5, 0.6) is 0 Å². The molecule has 0 aromatic heterocycles. The summed E-state index contributed by atoms with van der Waals surface area (Å²) in [7, 11) is 0. The van der Waals surface area contributed by atoms with Crippen molar-refractivity contribution < 1.29 is 23.5 Å². The normalized spacial score (nSPS) is 15.9. The number of hydrogen-bond acceptors (Lipinski definition) is 4. The van der Waals surface area contributed by atoms with Crippen molar-refractivity contribution in [3.63, 3.8) is 0 Å². The standard InChI is InChI=1S/C12H16F3N3O2/c13-12(14,15)9(11(16)18-20)6-17-10(7-19)8-4-2-1-3-5-8/h1-5,9-10,17,19-20H,6-7H2,(H2,16,18). The van der Waals surface area contributed by atoms with Crippen molar-refractivity contribution in [2.75, 3.05) is 13.2 Å². The van der Waals surface area contributed by atoms with E-state index >= 15 is 0 Å². The van der Waals surface area contributed by atoms with E-state index in [2.05, 4.69) is 10.5 Å². The van der Waals surface area contributed by atoms with Crippen LogP contribution in [0.2, 0.25) is 0 Å². The van der Waals surface area contributed by atoms with Crippen LogP contribution in [0.1, 0.15) is 11.6 Å². The van der Waals surface area contributed by atoms with Crippen LogP contribution in [0.3, 0.4) is 0 Å². The van der Waals surface area contributed by atoms with E-state index in [0.29, 0.717) is 5.56 Å². The Morgan fingerprint density at radius 2 is 1.90 bits per heavy atom. The Labute approximate surface area is 113 Å². The Morgan fingerprint density at radius 1 is 1.30 bits per heavy atom. The van der Waals surface area contributed by atoms with Gasteiger partial charge in [0.05, 0.1) is 12.6 Å². The van der Waals surface area contributed by atoms with Gasteiger partial charge >= 0.3 is 6.18 Å². The van der Waals surface area contributed by atoms with E-state index in [9.17, 15) is 18.3 Å². The van der Waals surface area contributed by atoms with E-state index in [1.54, 1.807) is 30.3 Å². The van der Waals surface area contributed by atoms with E-state index in [1.165, 1.54) is 0 Å². The fraction of sp³-hybridized carbons (Fsp3) is 0.417. The molecule has 0 bridgehead atoms. The summed E-state index contributed by atoms with van der Waals surface area (Å²) in [6, 6.07) is 7.88. The number of rotatable bonds is 6. The summed E-state index contributed by atoms with van der Waals surface area (Å²) in [5, 5.41) is 22.6. The summed E-state index contributed by atoms with van der Waals surface area (Å²) in [6.07, 6.45) is -4.64. The van der Waals surface area contributed by atoms with Crippen molar-refractivity contribution in [2.24, 2.45) is 16.8 Å². The number of alkyl halides is 3. The average molecular weight is 291 g/mol. The summed E-state index contributed by atoms with van der Waals surface area (Å²) in [5.41, 5.74) is 5.70. The lowest BCUT2D eigenvalue weighted by Gasteiger charge is -2.23.